The molecule has 1 aromatic heterocycles. The monoisotopic (exact) mass is 587 g/mol. The van der Waals surface area contributed by atoms with Crippen molar-refractivity contribution in [2.24, 2.45) is 5.92 Å². The minimum atomic E-state index is -1.26. The first-order valence-corrected chi connectivity index (χ1v) is 15.2. The Morgan fingerprint density at radius 2 is 1.88 bits per heavy atom. The number of ether oxygens (including phenoxy) is 2. The molecule has 2 aromatic carbocycles. The van der Waals surface area contributed by atoms with Crippen molar-refractivity contribution < 1.29 is 32.3 Å². The number of esters is 1. The van der Waals surface area contributed by atoms with Crippen LogP contribution in [-0.2, 0) is 25.5 Å². The number of nitrogens with one attached hydrogen (secondary N) is 1. The first-order valence-electron chi connectivity index (χ1n) is 13.9. The number of anilines is 2. The number of methoxy groups -OCH3 is 1. The number of hydrogen-bond donors (Lipinski definition) is 1. The van der Waals surface area contributed by atoms with Crippen LogP contribution in [0.3, 0.4) is 0 Å². The highest BCUT2D eigenvalue weighted by atomic mass is 32.2. The number of Topliss-reactive ketones (excluding diaryl/α,β-unsaturated/α-hetero) is 1. The van der Waals surface area contributed by atoms with E-state index in [-0.39, 0.29) is 52.9 Å². The van der Waals surface area contributed by atoms with Crippen LogP contribution in [0.5, 0.6) is 0 Å². The molecule has 1 saturated heterocycles. The maximum Gasteiger partial charge on any atom is 0.308 e. The van der Waals surface area contributed by atoms with E-state index in [1.54, 1.807) is 25.1 Å². The van der Waals surface area contributed by atoms with Gasteiger partial charge in [-0.15, -0.1) is 11.8 Å². The van der Waals surface area contributed by atoms with Crippen molar-refractivity contribution >= 4 is 46.3 Å². The maximum atomic E-state index is 15.7. The van der Waals surface area contributed by atoms with Crippen LogP contribution in [-0.4, -0.2) is 59.3 Å². The number of oxazole rings is 1. The minimum Gasteiger partial charge on any atom is -0.469 e. The van der Waals surface area contributed by atoms with E-state index in [0.29, 0.717) is 44.5 Å². The Labute approximate surface area is 242 Å². The second kappa shape index (κ2) is 12.5. The van der Waals surface area contributed by atoms with E-state index in [9.17, 15) is 14.0 Å². The summed E-state index contributed by atoms with van der Waals surface area (Å²) in [6.07, 6.45) is 5.91. The molecule has 5 rings (SSSR count). The molecular weight excluding hydrogens is 552 g/mol. The number of ketones is 1. The molecule has 1 saturated carbocycles. The molecule has 3 aromatic rings. The fourth-order valence-electron chi connectivity index (χ4n) is 5.75. The number of thioether (sulfide) groups is 1. The van der Waals surface area contributed by atoms with Crippen LogP contribution in [0.4, 0.5) is 20.5 Å². The SMILES string of the molecule is COC(=O)C1CCC(OC(SC)(C(=O)Cc2ccc3nc(Nc4cc(F)ccc4C)oc3c2F)N2CCCC2)CC1. The first kappa shape index (κ1) is 29.5. The van der Waals surface area contributed by atoms with Gasteiger partial charge < -0.3 is 19.2 Å². The molecule has 0 amide bonds. The molecule has 2 fully saturated rings. The predicted molar refractivity (Wildman–Crippen MR) is 153 cm³/mol. The number of carbonyl (C=O) groups is 2. The van der Waals surface area contributed by atoms with Crippen LogP contribution >= 0.6 is 11.8 Å². The highest BCUT2D eigenvalue weighted by Gasteiger charge is 2.48. The smallest absolute Gasteiger partial charge is 0.308 e. The van der Waals surface area contributed by atoms with E-state index in [4.69, 9.17) is 13.9 Å². The number of likely N-dealkylation sites (tertiary alicyclic amines) is 1. The van der Waals surface area contributed by atoms with Crippen molar-refractivity contribution in [1.82, 2.24) is 9.88 Å². The molecular formula is C30H35F2N3O5S. The van der Waals surface area contributed by atoms with Crippen molar-refractivity contribution in [3.8, 4) is 0 Å². The van der Waals surface area contributed by atoms with Gasteiger partial charge in [0.1, 0.15) is 11.3 Å². The number of rotatable bonds is 10. The molecule has 1 aliphatic carbocycles. The topological polar surface area (TPSA) is 93.9 Å². The van der Waals surface area contributed by atoms with Gasteiger partial charge in [0.25, 0.3) is 6.01 Å². The summed E-state index contributed by atoms with van der Waals surface area (Å²) in [5.74, 6) is -1.69. The fraction of sp³-hybridized carbons (Fsp3) is 0.500. The quantitative estimate of drug-likeness (QED) is 0.222. The molecule has 8 nitrogen and oxygen atoms in total. The van der Waals surface area contributed by atoms with E-state index < -0.39 is 16.7 Å². The highest BCUT2D eigenvalue weighted by Crippen LogP contribution is 2.39. The van der Waals surface area contributed by atoms with E-state index in [1.807, 2.05) is 6.26 Å². The van der Waals surface area contributed by atoms with Crippen LogP contribution in [0.25, 0.3) is 11.1 Å². The third kappa shape index (κ3) is 6.12. The average Bonchev–Trinajstić information content (AvgIpc) is 3.66. The van der Waals surface area contributed by atoms with Gasteiger partial charge in [0, 0.05) is 25.2 Å². The fourth-order valence-corrected chi connectivity index (χ4v) is 6.72. The molecule has 0 bridgehead atoms. The Bertz CT molecular complexity index is 1420. The number of aryl methyl sites for hydroxylation is 1. The largest absolute Gasteiger partial charge is 0.469 e. The second-order valence-corrected chi connectivity index (χ2v) is 11.6. The number of hydrogen-bond acceptors (Lipinski definition) is 9. The normalized spacial score (nSPS) is 21.1. The number of benzene rings is 2. The summed E-state index contributed by atoms with van der Waals surface area (Å²) >= 11 is 1.33. The zero-order valence-electron chi connectivity index (χ0n) is 23.5. The van der Waals surface area contributed by atoms with Crippen LogP contribution < -0.4 is 5.32 Å². The van der Waals surface area contributed by atoms with Crippen molar-refractivity contribution in [3.05, 3.63) is 53.1 Å². The average molecular weight is 588 g/mol. The predicted octanol–water partition coefficient (Wildman–Crippen LogP) is 6.13. The summed E-state index contributed by atoms with van der Waals surface area (Å²) in [7, 11) is 1.40. The van der Waals surface area contributed by atoms with Gasteiger partial charge in [-0.05, 0) is 81.0 Å². The molecule has 11 heteroatoms. The lowest BCUT2D eigenvalue weighted by atomic mass is 9.87. The lowest BCUT2D eigenvalue weighted by molar-refractivity contribution is -0.166. The second-order valence-electron chi connectivity index (χ2n) is 10.7. The standard InChI is InChI=1S/C30H35F2N3O5S/c1-18-6-10-21(31)17-24(18)34-29-33-23-13-9-20(26(32)27(23)39-29)16-25(36)30(41-3,35-14-4-5-15-35)40-22-11-7-19(8-12-22)28(37)38-2/h6,9-10,13,17,19,22H,4-5,7-8,11-12,14-16H2,1-3H3,(H,33,34). The van der Waals surface area contributed by atoms with E-state index >= 15 is 4.39 Å². The van der Waals surface area contributed by atoms with Gasteiger partial charge in [0.15, 0.2) is 17.2 Å². The summed E-state index contributed by atoms with van der Waals surface area (Å²) < 4.78 is 46.6. The number of nitrogens with zero attached hydrogens (tertiary/aromatic N) is 2. The van der Waals surface area contributed by atoms with Crippen LogP contribution in [0.2, 0.25) is 0 Å². The Kier molecular flexibility index (Phi) is 8.96. The molecule has 0 spiro atoms. The lowest BCUT2D eigenvalue weighted by Crippen LogP contribution is -2.55. The Hall–Kier alpha value is -3.02. The number of halogens is 2. The van der Waals surface area contributed by atoms with Crippen LogP contribution in [0.15, 0.2) is 34.7 Å². The minimum absolute atomic E-state index is 0.0255. The highest BCUT2D eigenvalue weighted by molar-refractivity contribution is 8.00. The molecule has 1 aliphatic heterocycles. The summed E-state index contributed by atoms with van der Waals surface area (Å²) in [6.45, 7) is 3.23. The van der Waals surface area contributed by atoms with Gasteiger partial charge in [-0.1, -0.05) is 12.1 Å². The van der Waals surface area contributed by atoms with Gasteiger partial charge in [0.2, 0.25) is 5.06 Å². The Morgan fingerprint density at radius 3 is 2.56 bits per heavy atom. The molecule has 2 heterocycles. The van der Waals surface area contributed by atoms with E-state index in [2.05, 4.69) is 15.2 Å². The molecule has 0 radical (unpaired) electrons. The molecule has 1 N–H and O–H groups in total. The Balaban J connectivity index is 1.36. The van der Waals surface area contributed by atoms with Crippen molar-refractivity contribution in [2.45, 2.75) is 63.0 Å². The first-order chi connectivity index (χ1) is 19.7. The van der Waals surface area contributed by atoms with Crippen molar-refractivity contribution in [3.63, 3.8) is 0 Å². The number of aromatic nitrogens is 1. The van der Waals surface area contributed by atoms with E-state index in [0.717, 1.165) is 18.4 Å². The molecule has 41 heavy (non-hydrogen) atoms. The number of fused-ring (bicyclic) bond motifs is 1. The van der Waals surface area contributed by atoms with Crippen molar-refractivity contribution in [2.75, 3.05) is 31.8 Å². The third-order valence-electron chi connectivity index (χ3n) is 8.06. The van der Waals surface area contributed by atoms with Gasteiger partial charge in [-0.25, -0.2) is 8.78 Å². The molecule has 1 atom stereocenters. The van der Waals surface area contributed by atoms with Gasteiger partial charge in [-0.3, -0.25) is 14.5 Å². The summed E-state index contributed by atoms with van der Waals surface area (Å²) in [5, 5.41) is 1.65. The maximum absolute atomic E-state index is 15.7. The van der Waals surface area contributed by atoms with Crippen LogP contribution in [0.1, 0.15) is 49.7 Å². The zero-order chi connectivity index (χ0) is 29.1. The third-order valence-corrected chi connectivity index (χ3v) is 9.19. The number of carbonyl (C=O) groups excluding carboxylic acids is 2. The van der Waals surface area contributed by atoms with Gasteiger partial charge >= 0.3 is 5.97 Å². The lowest BCUT2D eigenvalue weighted by Gasteiger charge is -2.42. The van der Waals surface area contributed by atoms with Gasteiger partial charge in [-0.2, -0.15) is 4.98 Å². The summed E-state index contributed by atoms with van der Waals surface area (Å²) in [6, 6.07) is 7.47. The van der Waals surface area contributed by atoms with E-state index in [1.165, 1.54) is 31.0 Å². The zero-order valence-corrected chi connectivity index (χ0v) is 24.3. The molecule has 220 valence electrons. The summed E-state index contributed by atoms with van der Waals surface area (Å²) in [5.41, 5.74) is 1.62. The molecule has 1 unspecified atom stereocenters. The Morgan fingerprint density at radius 1 is 1.15 bits per heavy atom. The molecule has 2 aliphatic rings. The van der Waals surface area contributed by atoms with Gasteiger partial charge in [0.05, 0.1) is 19.1 Å². The van der Waals surface area contributed by atoms with Crippen LogP contribution in [0, 0.1) is 24.5 Å². The summed E-state index contributed by atoms with van der Waals surface area (Å²) in [4.78, 5) is 32.4. The van der Waals surface area contributed by atoms with Crippen molar-refractivity contribution in [1.29, 1.82) is 0 Å².